The first-order valence-corrected chi connectivity index (χ1v) is 11.2. The molecule has 1 aliphatic heterocycles. The number of carbonyl (C=O) groups excluding carboxylic acids is 1. The molecule has 2 N–H and O–H groups in total. The first-order chi connectivity index (χ1) is 15.6. The van der Waals surface area contributed by atoms with E-state index in [0.717, 1.165) is 55.5 Å². The molecule has 8 heteroatoms. The summed E-state index contributed by atoms with van der Waals surface area (Å²) in [6.07, 6.45) is 4.49. The van der Waals surface area contributed by atoms with Crippen LogP contribution < -0.4 is 20.1 Å². The summed E-state index contributed by atoms with van der Waals surface area (Å²) in [6.45, 7) is 5.48. The van der Waals surface area contributed by atoms with Gasteiger partial charge in [0.05, 0.1) is 20.5 Å². The molecule has 1 amide bonds. The van der Waals surface area contributed by atoms with Crippen molar-refractivity contribution >= 4 is 11.9 Å². The van der Waals surface area contributed by atoms with Crippen LogP contribution >= 0.6 is 0 Å². The van der Waals surface area contributed by atoms with Crippen LogP contribution in [0.3, 0.4) is 0 Å². The molecular formula is C24H34N4O4. The molecule has 32 heavy (non-hydrogen) atoms. The number of fused-ring (bicyclic) bond motifs is 1. The summed E-state index contributed by atoms with van der Waals surface area (Å²) >= 11 is 0. The molecule has 2 aromatic rings. The van der Waals surface area contributed by atoms with Crippen LogP contribution in [0, 0.1) is 0 Å². The van der Waals surface area contributed by atoms with E-state index >= 15 is 0 Å². The Bertz CT molecular complexity index is 896. The molecule has 0 saturated carbocycles. The lowest BCUT2D eigenvalue weighted by atomic mass is 9.98. The third kappa shape index (κ3) is 6.42. The van der Waals surface area contributed by atoms with Crippen LogP contribution in [0.1, 0.15) is 36.7 Å². The van der Waals surface area contributed by atoms with Crippen molar-refractivity contribution in [2.75, 3.05) is 40.4 Å². The molecule has 0 bridgehead atoms. The Labute approximate surface area is 190 Å². The fraction of sp³-hybridized carbons (Fsp3) is 0.500. The molecule has 0 spiro atoms. The number of amides is 1. The van der Waals surface area contributed by atoms with E-state index in [0.29, 0.717) is 31.7 Å². The molecule has 0 unspecified atom stereocenters. The molecule has 0 fully saturated rings. The minimum Gasteiger partial charge on any atom is -0.493 e. The number of rotatable bonds is 10. The second-order valence-electron chi connectivity index (χ2n) is 7.66. The Morgan fingerprint density at radius 1 is 1.19 bits per heavy atom. The Morgan fingerprint density at radius 3 is 2.66 bits per heavy atom. The molecule has 1 aromatic heterocycles. The highest BCUT2D eigenvalue weighted by molar-refractivity contribution is 5.80. The monoisotopic (exact) mass is 442 g/mol. The van der Waals surface area contributed by atoms with Crippen LogP contribution in [0.2, 0.25) is 0 Å². The van der Waals surface area contributed by atoms with Crippen molar-refractivity contribution in [3.05, 3.63) is 47.4 Å². The number of hydrogen-bond donors (Lipinski definition) is 2. The lowest BCUT2D eigenvalue weighted by molar-refractivity contribution is -0.132. The Hall–Kier alpha value is -3.16. The van der Waals surface area contributed by atoms with E-state index in [4.69, 9.17) is 13.9 Å². The van der Waals surface area contributed by atoms with Crippen LogP contribution in [0.4, 0.5) is 0 Å². The zero-order chi connectivity index (χ0) is 22.8. The summed E-state index contributed by atoms with van der Waals surface area (Å²) < 4.78 is 16.1. The van der Waals surface area contributed by atoms with Crippen molar-refractivity contribution in [1.82, 2.24) is 15.5 Å². The van der Waals surface area contributed by atoms with Gasteiger partial charge in [0.15, 0.2) is 17.5 Å². The van der Waals surface area contributed by atoms with E-state index in [2.05, 4.69) is 15.6 Å². The highest BCUT2D eigenvalue weighted by Crippen LogP contribution is 2.33. The molecule has 1 aliphatic rings. The molecule has 0 saturated heterocycles. The average Bonchev–Trinajstić information content (AvgIpc) is 3.33. The predicted molar refractivity (Wildman–Crippen MR) is 124 cm³/mol. The summed E-state index contributed by atoms with van der Waals surface area (Å²) in [7, 11) is 3.27. The molecule has 8 nitrogen and oxygen atoms in total. The van der Waals surface area contributed by atoms with Gasteiger partial charge in [-0.05, 0) is 55.2 Å². The van der Waals surface area contributed by atoms with Crippen molar-refractivity contribution in [3.63, 3.8) is 0 Å². The van der Waals surface area contributed by atoms with Gasteiger partial charge in [0, 0.05) is 45.6 Å². The molecule has 0 atom stereocenters. The summed E-state index contributed by atoms with van der Waals surface area (Å²) in [5.41, 5.74) is 2.34. The number of carbonyl (C=O) groups is 1. The van der Waals surface area contributed by atoms with Crippen LogP contribution in [-0.2, 0) is 24.2 Å². The molecule has 2 heterocycles. The predicted octanol–water partition coefficient (Wildman–Crippen LogP) is 2.76. The van der Waals surface area contributed by atoms with Crippen molar-refractivity contribution in [2.45, 2.75) is 39.2 Å². The van der Waals surface area contributed by atoms with Crippen LogP contribution in [0.25, 0.3) is 0 Å². The maximum Gasteiger partial charge on any atom is 0.222 e. The molecule has 174 valence electrons. The van der Waals surface area contributed by atoms with Gasteiger partial charge >= 0.3 is 0 Å². The first-order valence-electron chi connectivity index (χ1n) is 11.2. The lowest BCUT2D eigenvalue weighted by Gasteiger charge is -2.29. The molecule has 0 radical (unpaired) electrons. The minimum absolute atomic E-state index is 0.163. The topological polar surface area (TPSA) is 88.3 Å². The average molecular weight is 443 g/mol. The zero-order valence-corrected chi connectivity index (χ0v) is 19.3. The second-order valence-corrected chi connectivity index (χ2v) is 7.66. The Kier molecular flexibility index (Phi) is 8.83. The number of methoxy groups -OCH3 is 2. The molecule has 0 aliphatic carbocycles. The van der Waals surface area contributed by atoms with Crippen molar-refractivity contribution in [2.24, 2.45) is 4.99 Å². The van der Waals surface area contributed by atoms with Gasteiger partial charge in [-0.1, -0.05) is 0 Å². The fourth-order valence-electron chi connectivity index (χ4n) is 3.78. The summed E-state index contributed by atoms with van der Waals surface area (Å²) in [5, 5.41) is 6.54. The van der Waals surface area contributed by atoms with E-state index in [9.17, 15) is 4.79 Å². The van der Waals surface area contributed by atoms with Gasteiger partial charge in [0.1, 0.15) is 5.76 Å². The fourth-order valence-corrected chi connectivity index (χ4v) is 3.78. The van der Waals surface area contributed by atoms with Crippen molar-refractivity contribution < 1.29 is 18.7 Å². The van der Waals surface area contributed by atoms with E-state index in [1.54, 1.807) is 20.5 Å². The van der Waals surface area contributed by atoms with Crippen LogP contribution in [0.5, 0.6) is 11.5 Å². The number of nitrogens with zero attached hydrogens (tertiary/aromatic N) is 2. The highest BCUT2D eigenvalue weighted by Gasteiger charge is 2.22. The van der Waals surface area contributed by atoms with E-state index < -0.39 is 0 Å². The normalized spacial score (nSPS) is 13.5. The molecule has 1 aromatic carbocycles. The zero-order valence-electron chi connectivity index (χ0n) is 19.3. The first kappa shape index (κ1) is 23.5. The highest BCUT2D eigenvalue weighted by atomic mass is 16.5. The van der Waals surface area contributed by atoms with E-state index in [1.807, 2.05) is 36.1 Å². The van der Waals surface area contributed by atoms with E-state index in [1.165, 1.54) is 5.56 Å². The van der Waals surface area contributed by atoms with Gasteiger partial charge in [0.2, 0.25) is 5.91 Å². The number of benzene rings is 1. The molecule has 3 rings (SSSR count). The van der Waals surface area contributed by atoms with Gasteiger partial charge in [-0.25, -0.2) is 0 Å². The lowest BCUT2D eigenvalue weighted by Crippen LogP contribution is -2.38. The number of hydrogen-bond acceptors (Lipinski definition) is 5. The molecular weight excluding hydrogens is 408 g/mol. The van der Waals surface area contributed by atoms with Gasteiger partial charge in [0.25, 0.3) is 0 Å². The number of furan rings is 1. The van der Waals surface area contributed by atoms with Gasteiger partial charge in [-0.3, -0.25) is 9.79 Å². The number of ether oxygens (including phenoxy) is 2. The minimum atomic E-state index is 0.163. The third-order valence-corrected chi connectivity index (χ3v) is 5.48. The SMILES string of the molecule is CCNC(=NCCCC(=O)N1CCc2cc(OC)c(OC)cc2C1)NCCc1ccco1. The smallest absolute Gasteiger partial charge is 0.222 e. The number of guanidine groups is 1. The van der Waals surface area contributed by atoms with Crippen LogP contribution in [-0.4, -0.2) is 57.2 Å². The summed E-state index contributed by atoms with van der Waals surface area (Å²) in [4.78, 5) is 19.3. The summed E-state index contributed by atoms with van der Waals surface area (Å²) in [6, 6.07) is 7.85. The van der Waals surface area contributed by atoms with E-state index in [-0.39, 0.29) is 5.91 Å². The van der Waals surface area contributed by atoms with Gasteiger partial charge in [-0.15, -0.1) is 0 Å². The second kappa shape index (κ2) is 12.0. The quantitative estimate of drug-likeness (QED) is 0.334. The third-order valence-electron chi connectivity index (χ3n) is 5.48. The maximum absolute atomic E-state index is 12.7. The van der Waals surface area contributed by atoms with Crippen molar-refractivity contribution in [1.29, 1.82) is 0 Å². The largest absolute Gasteiger partial charge is 0.493 e. The Balaban J connectivity index is 1.45. The van der Waals surface area contributed by atoms with Crippen LogP contribution in [0.15, 0.2) is 39.9 Å². The van der Waals surface area contributed by atoms with Crippen molar-refractivity contribution in [3.8, 4) is 11.5 Å². The standard InChI is InChI=1S/C24H34N4O4/c1-4-25-24(27-12-9-20-7-6-14-32-20)26-11-5-8-23(29)28-13-10-18-15-21(30-2)22(31-3)16-19(18)17-28/h6-7,14-16H,4-5,8-13,17H2,1-3H3,(H2,25,26,27). The van der Waals surface area contributed by atoms with Gasteiger partial charge < -0.3 is 29.4 Å². The van der Waals surface area contributed by atoms with Gasteiger partial charge in [-0.2, -0.15) is 0 Å². The number of aliphatic imine (C=N–C) groups is 1. The maximum atomic E-state index is 12.7. The Morgan fingerprint density at radius 2 is 1.97 bits per heavy atom. The summed E-state index contributed by atoms with van der Waals surface area (Å²) in [5.74, 6) is 3.30. The number of nitrogens with one attached hydrogen (secondary N) is 2.